The quantitative estimate of drug-likeness (QED) is 0.401. The third-order valence-corrected chi connectivity index (χ3v) is 5.54. The van der Waals surface area contributed by atoms with Crippen LogP contribution in [-0.2, 0) is 14.9 Å². The predicted octanol–water partition coefficient (Wildman–Crippen LogP) is 4.16. The number of piperidine rings is 1. The third-order valence-electron chi connectivity index (χ3n) is 5.54. The Bertz CT molecular complexity index is 869. The van der Waals surface area contributed by atoms with Crippen LogP contribution in [0.5, 0.6) is 0 Å². The molecule has 0 aromatic heterocycles. The van der Waals surface area contributed by atoms with Crippen LogP contribution >= 0.6 is 0 Å². The van der Waals surface area contributed by atoms with Crippen LogP contribution < -0.4 is 0 Å². The number of halogens is 1. The van der Waals surface area contributed by atoms with Crippen molar-refractivity contribution in [2.75, 3.05) is 26.2 Å². The molecule has 2 aromatic carbocycles. The van der Waals surface area contributed by atoms with Crippen molar-refractivity contribution in [1.82, 2.24) is 4.90 Å². The molecule has 0 amide bonds. The fraction of sp³-hybridized carbons (Fsp3) is 0.333. The van der Waals surface area contributed by atoms with Crippen molar-refractivity contribution in [2.45, 2.75) is 25.2 Å². The first-order valence-electron chi connectivity index (χ1n) is 9.89. The Labute approximate surface area is 171 Å². The lowest BCUT2D eigenvalue weighted by atomic mass is 9.72. The molecular weight excluding hydrogens is 369 g/mol. The molecule has 3 rings (SSSR count). The number of ether oxygens (including phenoxy) is 1. The standard InChI is InChI=1S/C24H26FNO3/c1-3-29-23(28)24(20-7-5-4-6-8-20)13-15-26(16-14-24)17-18(2)22(27)19-9-11-21(25)12-10-19/h4-12H,2-3,13-17H2,1H3. The maximum Gasteiger partial charge on any atom is 0.316 e. The predicted molar refractivity (Wildman–Crippen MR) is 110 cm³/mol. The summed E-state index contributed by atoms with van der Waals surface area (Å²) in [5.74, 6) is -0.748. The largest absolute Gasteiger partial charge is 0.465 e. The summed E-state index contributed by atoms with van der Waals surface area (Å²) in [4.78, 5) is 27.5. The highest BCUT2D eigenvalue weighted by atomic mass is 19.1. The Morgan fingerprint density at radius 1 is 1.07 bits per heavy atom. The summed E-state index contributed by atoms with van der Waals surface area (Å²) in [5, 5.41) is 0. The van der Waals surface area contributed by atoms with Gasteiger partial charge in [-0.1, -0.05) is 36.9 Å². The lowest BCUT2D eigenvalue weighted by Crippen LogP contribution is -2.48. The Kier molecular flexibility index (Phi) is 6.60. The number of benzene rings is 2. The first kappa shape index (κ1) is 20.9. The summed E-state index contributed by atoms with van der Waals surface area (Å²) in [5.41, 5.74) is 1.20. The number of carbonyl (C=O) groups is 2. The summed E-state index contributed by atoms with van der Waals surface area (Å²) in [6.45, 7) is 7.83. The van der Waals surface area contributed by atoms with E-state index < -0.39 is 5.41 Å². The van der Waals surface area contributed by atoms with Crippen molar-refractivity contribution < 1.29 is 18.7 Å². The van der Waals surface area contributed by atoms with Crippen LogP contribution in [0.4, 0.5) is 4.39 Å². The molecule has 1 aliphatic rings. The summed E-state index contributed by atoms with van der Waals surface area (Å²) in [6.07, 6.45) is 1.24. The lowest BCUT2D eigenvalue weighted by molar-refractivity contribution is -0.152. The number of ketones is 1. The van der Waals surface area contributed by atoms with Gasteiger partial charge in [0, 0.05) is 17.7 Å². The lowest BCUT2D eigenvalue weighted by Gasteiger charge is -2.40. The number of nitrogens with zero attached hydrogens (tertiary/aromatic N) is 1. The normalized spacial score (nSPS) is 16.2. The first-order chi connectivity index (χ1) is 14.0. The second-order valence-corrected chi connectivity index (χ2v) is 7.38. The summed E-state index contributed by atoms with van der Waals surface area (Å²) in [7, 11) is 0. The van der Waals surface area contributed by atoms with Crippen LogP contribution in [0.2, 0.25) is 0 Å². The van der Waals surface area contributed by atoms with Gasteiger partial charge in [-0.25, -0.2) is 4.39 Å². The van der Waals surface area contributed by atoms with E-state index in [0.29, 0.717) is 50.2 Å². The Hall–Kier alpha value is -2.79. The van der Waals surface area contributed by atoms with Crippen molar-refractivity contribution >= 4 is 11.8 Å². The van der Waals surface area contributed by atoms with E-state index in [-0.39, 0.29) is 17.6 Å². The number of hydrogen-bond donors (Lipinski definition) is 0. The Morgan fingerprint density at radius 3 is 2.28 bits per heavy atom. The highest BCUT2D eigenvalue weighted by Gasteiger charge is 2.44. The van der Waals surface area contributed by atoms with Crippen molar-refractivity contribution in [3.63, 3.8) is 0 Å². The van der Waals surface area contributed by atoms with Gasteiger partial charge >= 0.3 is 5.97 Å². The molecule has 0 N–H and O–H groups in total. The van der Waals surface area contributed by atoms with Crippen molar-refractivity contribution in [2.24, 2.45) is 0 Å². The van der Waals surface area contributed by atoms with Gasteiger partial charge in [0.2, 0.25) is 0 Å². The topological polar surface area (TPSA) is 46.6 Å². The molecular formula is C24H26FNO3. The van der Waals surface area contributed by atoms with Gasteiger partial charge in [0.05, 0.1) is 12.0 Å². The van der Waals surface area contributed by atoms with Crippen LogP contribution in [0, 0.1) is 5.82 Å². The maximum absolute atomic E-state index is 13.1. The minimum Gasteiger partial charge on any atom is -0.465 e. The van der Waals surface area contributed by atoms with Crippen LogP contribution in [0.25, 0.3) is 0 Å². The van der Waals surface area contributed by atoms with E-state index >= 15 is 0 Å². The molecule has 1 fully saturated rings. The monoisotopic (exact) mass is 395 g/mol. The van der Waals surface area contributed by atoms with E-state index in [1.54, 1.807) is 0 Å². The van der Waals surface area contributed by atoms with E-state index in [2.05, 4.69) is 11.5 Å². The molecule has 0 atom stereocenters. The van der Waals surface area contributed by atoms with Crippen LogP contribution in [0.3, 0.4) is 0 Å². The second-order valence-electron chi connectivity index (χ2n) is 7.38. The highest BCUT2D eigenvalue weighted by molar-refractivity contribution is 6.08. The Balaban J connectivity index is 1.67. The van der Waals surface area contributed by atoms with Gasteiger partial charge in [-0.3, -0.25) is 14.5 Å². The zero-order valence-electron chi connectivity index (χ0n) is 16.7. The highest BCUT2D eigenvalue weighted by Crippen LogP contribution is 2.37. The number of likely N-dealkylation sites (tertiary alicyclic amines) is 1. The third kappa shape index (κ3) is 4.62. The second kappa shape index (κ2) is 9.14. The number of Topliss-reactive ketones (excluding diaryl/α,β-unsaturated/α-hetero) is 1. The van der Waals surface area contributed by atoms with Crippen molar-refractivity contribution in [1.29, 1.82) is 0 Å². The van der Waals surface area contributed by atoms with Gasteiger partial charge < -0.3 is 4.74 Å². The van der Waals surface area contributed by atoms with Gasteiger partial charge in [-0.05, 0) is 62.7 Å². The maximum atomic E-state index is 13.1. The molecule has 1 heterocycles. The molecule has 29 heavy (non-hydrogen) atoms. The van der Waals surface area contributed by atoms with Crippen LogP contribution in [0.15, 0.2) is 66.7 Å². The number of hydrogen-bond acceptors (Lipinski definition) is 4. The average Bonchev–Trinajstić information content (AvgIpc) is 2.75. The SMILES string of the molecule is C=C(CN1CCC(C(=O)OCC)(c2ccccc2)CC1)C(=O)c1ccc(F)cc1. The van der Waals surface area contributed by atoms with Gasteiger partial charge in [-0.2, -0.15) is 0 Å². The fourth-order valence-corrected chi connectivity index (χ4v) is 3.88. The molecule has 0 radical (unpaired) electrons. The molecule has 1 aliphatic heterocycles. The molecule has 0 spiro atoms. The fourth-order valence-electron chi connectivity index (χ4n) is 3.88. The van der Waals surface area contributed by atoms with E-state index in [1.807, 2.05) is 37.3 Å². The molecule has 1 saturated heterocycles. The summed E-state index contributed by atoms with van der Waals surface area (Å²) >= 11 is 0. The molecule has 0 aliphatic carbocycles. The zero-order valence-corrected chi connectivity index (χ0v) is 16.7. The van der Waals surface area contributed by atoms with Crippen molar-refractivity contribution in [3.8, 4) is 0 Å². The van der Waals surface area contributed by atoms with Gasteiger partial charge in [0.15, 0.2) is 5.78 Å². The van der Waals surface area contributed by atoms with Crippen LogP contribution in [0.1, 0.15) is 35.7 Å². The number of esters is 1. The average molecular weight is 395 g/mol. The van der Waals surface area contributed by atoms with E-state index in [0.717, 1.165) is 5.56 Å². The minimum atomic E-state index is -0.657. The van der Waals surface area contributed by atoms with Gasteiger partial charge in [0.1, 0.15) is 5.82 Å². The molecule has 152 valence electrons. The molecule has 0 saturated carbocycles. The number of rotatable bonds is 7. The van der Waals surface area contributed by atoms with Gasteiger partial charge in [-0.15, -0.1) is 0 Å². The summed E-state index contributed by atoms with van der Waals surface area (Å²) in [6, 6.07) is 15.2. The van der Waals surface area contributed by atoms with Gasteiger partial charge in [0.25, 0.3) is 0 Å². The van der Waals surface area contributed by atoms with E-state index in [9.17, 15) is 14.0 Å². The van der Waals surface area contributed by atoms with E-state index in [1.165, 1.54) is 24.3 Å². The minimum absolute atomic E-state index is 0.185. The molecule has 0 bridgehead atoms. The molecule has 4 nitrogen and oxygen atoms in total. The van der Waals surface area contributed by atoms with E-state index in [4.69, 9.17) is 4.74 Å². The molecule has 0 unspecified atom stereocenters. The first-order valence-corrected chi connectivity index (χ1v) is 9.89. The summed E-state index contributed by atoms with van der Waals surface area (Å²) < 4.78 is 18.5. The molecule has 2 aromatic rings. The zero-order chi connectivity index (χ0) is 20.9. The van der Waals surface area contributed by atoms with Crippen LogP contribution in [-0.4, -0.2) is 42.9 Å². The smallest absolute Gasteiger partial charge is 0.316 e. The number of carbonyl (C=O) groups excluding carboxylic acids is 2. The van der Waals surface area contributed by atoms with Crippen molar-refractivity contribution in [3.05, 3.63) is 83.7 Å². The Morgan fingerprint density at radius 2 is 1.69 bits per heavy atom. The molecule has 5 heteroatoms.